The Hall–Kier alpha value is -2.45. The number of halogens is 3. The monoisotopic (exact) mass is 416 g/mol. The van der Waals surface area contributed by atoms with E-state index in [0.29, 0.717) is 18.4 Å². The second-order valence-corrected chi connectivity index (χ2v) is 8.41. The van der Waals surface area contributed by atoms with E-state index in [0.717, 1.165) is 19.2 Å². The molecule has 2 rings (SSSR count). The number of hydrogen-bond acceptors (Lipinski definition) is 4. The van der Waals surface area contributed by atoms with Crippen LogP contribution in [-0.2, 0) is 10.9 Å². The molecule has 0 spiro atoms. The SMILES string of the molecule is COC(=O)c1cc(C(F)(F)F)cc(NC2CCN(C(=O)O)C(C(C)(C)C)C2)c1C. The van der Waals surface area contributed by atoms with Gasteiger partial charge in [-0.15, -0.1) is 0 Å². The summed E-state index contributed by atoms with van der Waals surface area (Å²) in [7, 11) is 1.12. The number of anilines is 1. The summed E-state index contributed by atoms with van der Waals surface area (Å²) in [5.74, 6) is -0.843. The highest BCUT2D eigenvalue weighted by molar-refractivity contribution is 5.93. The Morgan fingerprint density at radius 3 is 2.34 bits per heavy atom. The molecule has 1 heterocycles. The Kier molecular flexibility index (Phi) is 6.39. The zero-order valence-corrected chi connectivity index (χ0v) is 17.2. The van der Waals surface area contributed by atoms with Crippen molar-refractivity contribution in [2.75, 3.05) is 19.0 Å². The minimum absolute atomic E-state index is 0.153. The molecule has 2 N–H and O–H groups in total. The Labute approximate surface area is 168 Å². The van der Waals surface area contributed by atoms with Gasteiger partial charge in [-0.1, -0.05) is 20.8 Å². The number of carboxylic acid groups (broad SMARTS) is 1. The fourth-order valence-corrected chi connectivity index (χ4v) is 3.72. The topological polar surface area (TPSA) is 78.9 Å². The second kappa shape index (κ2) is 8.12. The molecule has 2 unspecified atom stereocenters. The van der Waals surface area contributed by atoms with E-state index in [9.17, 15) is 27.9 Å². The third-order valence-electron chi connectivity index (χ3n) is 5.35. The maximum absolute atomic E-state index is 13.3. The smallest absolute Gasteiger partial charge is 0.416 e. The van der Waals surface area contributed by atoms with Gasteiger partial charge in [0, 0.05) is 24.3 Å². The minimum atomic E-state index is -4.62. The molecule has 0 radical (unpaired) electrons. The van der Waals surface area contributed by atoms with E-state index in [2.05, 4.69) is 10.1 Å². The van der Waals surface area contributed by atoms with Gasteiger partial charge >= 0.3 is 18.2 Å². The number of nitrogens with zero attached hydrogens (tertiary/aromatic N) is 1. The zero-order valence-electron chi connectivity index (χ0n) is 17.2. The molecule has 0 bridgehead atoms. The summed E-state index contributed by atoms with van der Waals surface area (Å²) < 4.78 is 44.6. The number of esters is 1. The van der Waals surface area contributed by atoms with Crippen LogP contribution in [0.25, 0.3) is 0 Å². The Bertz CT molecular complexity index is 787. The molecule has 162 valence electrons. The summed E-state index contributed by atoms with van der Waals surface area (Å²) in [4.78, 5) is 24.9. The summed E-state index contributed by atoms with van der Waals surface area (Å²) in [6, 6.07) is 1.24. The van der Waals surface area contributed by atoms with Crippen LogP contribution in [-0.4, -0.2) is 47.8 Å². The molecule has 1 amide bonds. The largest absolute Gasteiger partial charge is 0.465 e. The number of ether oxygens (including phenoxy) is 1. The molecule has 0 aromatic heterocycles. The Morgan fingerprint density at radius 2 is 1.86 bits per heavy atom. The average Bonchev–Trinajstić information content (AvgIpc) is 2.60. The molecule has 0 aliphatic carbocycles. The van der Waals surface area contributed by atoms with Crippen LogP contribution in [0.15, 0.2) is 12.1 Å². The van der Waals surface area contributed by atoms with Crippen molar-refractivity contribution in [2.45, 2.75) is 58.8 Å². The maximum atomic E-state index is 13.3. The predicted octanol–water partition coefficient (Wildman–Crippen LogP) is 4.77. The Morgan fingerprint density at radius 1 is 1.24 bits per heavy atom. The van der Waals surface area contributed by atoms with E-state index < -0.39 is 23.8 Å². The highest BCUT2D eigenvalue weighted by Crippen LogP contribution is 2.37. The molecule has 1 aliphatic rings. The van der Waals surface area contributed by atoms with Gasteiger partial charge in [0.25, 0.3) is 0 Å². The molecule has 2 atom stereocenters. The van der Waals surface area contributed by atoms with E-state index in [4.69, 9.17) is 0 Å². The van der Waals surface area contributed by atoms with Crippen LogP contribution in [0.2, 0.25) is 0 Å². The number of alkyl halides is 3. The van der Waals surface area contributed by atoms with Gasteiger partial charge in [0.1, 0.15) is 0 Å². The van der Waals surface area contributed by atoms with Crippen molar-refractivity contribution in [2.24, 2.45) is 5.41 Å². The van der Waals surface area contributed by atoms with Crippen LogP contribution < -0.4 is 5.32 Å². The van der Waals surface area contributed by atoms with Gasteiger partial charge in [0.2, 0.25) is 0 Å². The van der Waals surface area contributed by atoms with Crippen LogP contribution in [0.4, 0.5) is 23.7 Å². The van der Waals surface area contributed by atoms with Crippen molar-refractivity contribution in [3.8, 4) is 0 Å². The van der Waals surface area contributed by atoms with Crippen LogP contribution >= 0.6 is 0 Å². The van der Waals surface area contributed by atoms with Crippen molar-refractivity contribution in [1.82, 2.24) is 4.90 Å². The van der Waals surface area contributed by atoms with E-state index >= 15 is 0 Å². The highest BCUT2D eigenvalue weighted by atomic mass is 19.4. The third-order valence-corrected chi connectivity index (χ3v) is 5.35. The van der Waals surface area contributed by atoms with Crippen molar-refractivity contribution in [3.05, 3.63) is 28.8 Å². The van der Waals surface area contributed by atoms with Gasteiger partial charge in [-0.2, -0.15) is 13.2 Å². The van der Waals surface area contributed by atoms with Crippen molar-refractivity contribution in [3.63, 3.8) is 0 Å². The Balaban J connectivity index is 2.38. The third kappa shape index (κ3) is 5.13. The molecular formula is C20H27F3N2O4. The summed E-state index contributed by atoms with van der Waals surface area (Å²) >= 11 is 0. The van der Waals surface area contributed by atoms with Crippen molar-refractivity contribution < 1.29 is 32.6 Å². The number of methoxy groups -OCH3 is 1. The molecule has 9 heteroatoms. The second-order valence-electron chi connectivity index (χ2n) is 8.41. The van der Waals surface area contributed by atoms with E-state index in [-0.39, 0.29) is 35.3 Å². The lowest BCUT2D eigenvalue weighted by Crippen LogP contribution is -2.54. The summed E-state index contributed by atoms with van der Waals surface area (Å²) in [5.41, 5.74) is -0.875. The molecule has 1 aliphatic heterocycles. The first-order valence-electron chi connectivity index (χ1n) is 9.32. The summed E-state index contributed by atoms with van der Waals surface area (Å²) in [5, 5.41) is 12.6. The quantitative estimate of drug-likeness (QED) is 0.694. The number of benzene rings is 1. The number of piperidine rings is 1. The lowest BCUT2D eigenvalue weighted by Gasteiger charge is -2.45. The average molecular weight is 416 g/mol. The number of likely N-dealkylation sites (tertiary alicyclic amines) is 1. The zero-order chi connectivity index (χ0) is 22.1. The van der Waals surface area contributed by atoms with E-state index in [1.54, 1.807) is 6.92 Å². The number of rotatable bonds is 3. The summed E-state index contributed by atoms with van der Waals surface area (Å²) in [6.07, 6.45) is -4.74. The van der Waals surface area contributed by atoms with Crippen LogP contribution in [0.1, 0.15) is 55.1 Å². The molecular weight excluding hydrogens is 389 g/mol. The van der Waals surface area contributed by atoms with Crippen LogP contribution in [0.5, 0.6) is 0 Å². The molecule has 1 aromatic rings. The molecule has 1 fully saturated rings. The maximum Gasteiger partial charge on any atom is 0.416 e. The predicted molar refractivity (Wildman–Crippen MR) is 102 cm³/mol. The fraction of sp³-hybridized carbons (Fsp3) is 0.600. The van der Waals surface area contributed by atoms with E-state index in [1.807, 2.05) is 20.8 Å². The lowest BCUT2D eigenvalue weighted by molar-refractivity contribution is -0.137. The van der Waals surface area contributed by atoms with Crippen LogP contribution in [0, 0.1) is 12.3 Å². The van der Waals surface area contributed by atoms with Crippen molar-refractivity contribution >= 4 is 17.7 Å². The van der Waals surface area contributed by atoms with Crippen LogP contribution in [0.3, 0.4) is 0 Å². The molecule has 1 saturated heterocycles. The number of carbonyl (C=O) groups is 2. The first-order valence-corrected chi connectivity index (χ1v) is 9.32. The van der Waals surface area contributed by atoms with Gasteiger partial charge in [0.15, 0.2) is 0 Å². The summed E-state index contributed by atoms with van der Waals surface area (Å²) in [6.45, 7) is 7.63. The highest BCUT2D eigenvalue weighted by Gasteiger charge is 2.39. The van der Waals surface area contributed by atoms with Gasteiger partial charge in [0.05, 0.1) is 18.2 Å². The molecule has 1 aromatic carbocycles. The van der Waals surface area contributed by atoms with Crippen molar-refractivity contribution in [1.29, 1.82) is 0 Å². The number of nitrogens with one attached hydrogen (secondary N) is 1. The molecule has 6 nitrogen and oxygen atoms in total. The number of hydrogen-bond donors (Lipinski definition) is 2. The normalized spacial score (nSPS) is 20.3. The van der Waals surface area contributed by atoms with Gasteiger partial charge in [-0.3, -0.25) is 0 Å². The fourth-order valence-electron chi connectivity index (χ4n) is 3.72. The number of carbonyl (C=O) groups excluding carboxylic acids is 1. The standard InChI is InChI=1S/C20H27F3N2O4/c1-11-14(17(26)29-5)8-12(20(21,22)23)9-15(11)24-13-6-7-25(18(27)28)16(10-13)19(2,3)4/h8-9,13,16,24H,6-7,10H2,1-5H3,(H,27,28). The van der Waals surface area contributed by atoms with Gasteiger partial charge in [-0.25, -0.2) is 9.59 Å². The number of amides is 1. The molecule has 0 saturated carbocycles. The van der Waals surface area contributed by atoms with Gasteiger partial charge < -0.3 is 20.1 Å². The minimum Gasteiger partial charge on any atom is -0.465 e. The van der Waals surface area contributed by atoms with Gasteiger partial charge in [-0.05, 0) is 42.9 Å². The van der Waals surface area contributed by atoms with E-state index in [1.165, 1.54) is 4.90 Å². The molecule has 29 heavy (non-hydrogen) atoms. The first kappa shape index (κ1) is 22.8. The first-order chi connectivity index (χ1) is 13.3. The lowest BCUT2D eigenvalue weighted by atomic mass is 9.79.